The van der Waals surface area contributed by atoms with Crippen molar-refractivity contribution in [1.29, 1.82) is 0 Å². The van der Waals surface area contributed by atoms with Gasteiger partial charge in [-0.25, -0.2) is 4.68 Å². The van der Waals surface area contributed by atoms with Crippen LogP contribution >= 0.6 is 0 Å². The molecule has 1 atom stereocenters. The van der Waals surface area contributed by atoms with Crippen molar-refractivity contribution in [1.82, 2.24) is 15.0 Å². The van der Waals surface area contributed by atoms with E-state index in [9.17, 15) is 10.1 Å². The molecule has 2 aromatic rings. The molecule has 1 unspecified atom stereocenters. The van der Waals surface area contributed by atoms with E-state index < -0.39 is 4.92 Å². The molecule has 2 heterocycles. The van der Waals surface area contributed by atoms with Crippen molar-refractivity contribution in [3.05, 3.63) is 51.3 Å². The van der Waals surface area contributed by atoms with E-state index in [2.05, 4.69) is 10.3 Å². The van der Waals surface area contributed by atoms with E-state index in [1.54, 1.807) is 16.8 Å². The second-order valence-corrected chi connectivity index (χ2v) is 5.21. The molecule has 1 saturated heterocycles. The number of rotatable bonds is 5. The summed E-state index contributed by atoms with van der Waals surface area (Å²) in [5.41, 5.74) is 8.38. The molecular weight excluding hydrogens is 286 g/mol. The minimum atomic E-state index is -0.413. The molecule has 0 radical (unpaired) electrons. The van der Waals surface area contributed by atoms with Crippen LogP contribution in [0.5, 0.6) is 0 Å². The van der Waals surface area contributed by atoms with Crippen LogP contribution in [0.25, 0.3) is 0 Å². The molecular formula is C14H17N5O3. The van der Waals surface area contributed by atoms with Gasteiger partial charge in [-0.2, -0.15) is 0 Å². The lowest BCUT2D eigenvalue weighted by Gasteiger charge is -2.13. The zero-order valence-electron chi connectivity index (χ0n) is 12.0. The first-order valence-corrected chi connectivity index (χ1v) is 7.16. The molecule has 2 N–H and O–H groups in total. The molecule has 8 heteroatoms. The van der Waals surface area contributed by atoms with E-state index in [1.165, 1.54) is 12.1 Å². The van der Waals surface area contributed by atoms with Crippen LogP contribution in [0.3, 0.4) is 0 Å². The smallest absolute Gasteiger partial charge is 0.269 e. The normalized spacial score (nSPS) is 17.8. The van der Waals surface area contributed by atoms with Gasteiger partial charge in [-0.05, 0) is 18.4 Å². The molecule has 0 spiro atoms. The standard InChI is InChI=1S/C14H17N5O3/c15-8-12-14(13-2-1-7-22-13)18(17-16-12)9-10-3-5-11(6-4-10)19(20)21/h3-6,13H,1-2,7-9,15H2. The average Bonchev–Trinajstić information content (AvgIpc) is 3.16. The predicted molar refractivity (Wildman–Crippen MR) is 78.0 cm³/mol. The van der Waals surface area contributed by atoms with Gasteiger partial charge in [-0.3, -0.25) is 10.1 Å². The van der Waals surface area contributed by atoms with Crippen molar-refractivity contribution < 1.29 is 9.66 Å². The van der Waals surface area contributed by atoms with Gasteiger partial charge in [0.1, 0.15) is 11.8 Å². The summed E-state index contributed by atoms with van der Waals surface area (Å²) >= 11 is 0. The Morgan fingerprint density at radius 3 is 2.77 bits per heavy atom. The van der Waals surface area contributed by atoms with Crippen LogP contribution in [0.4, 0.5) is 5.69 Å². The first-order valence-electron chi connectivity index (χ1n) is 7.16. The molecule has 1 fully saturated rings. The second kappa shape index (κ2) is 6.20. The van der Waals surface area contributed by atoms with Crippen LogP contribution in [-0.2, 0) is 17.8 Å². The zero-order valence-corrected chi connectivity index (χ0v) is 12.0. The molecule has 8 nitrogen and oxygen atoms in total. The van der Waals surface area contributed by atoms with Crippen molar-refractivity contribution in [2.75, 3.05) is 6.61 Å². The van der Waals surface area contributed by atoms with Crippen molar-refractivity contribution >= 4 is 5.69 Å². The van der Waals surface area contributed by atoms with Gasteiger partial charge in [0.2, 0.25) is 0 Å². The Morgan fingerprint density at radius 2 is 2.18 bits per heavy atom. The fourth-order valence-corrected chi connectivity index (χ4v) is 2.66. The minimum absolute atomic E-state index is 0.0217. The molecule has 3 rings (SSSR count). The summed E-state index contributed by atoms with van der Waals surface area (Å²) in [6.07, 6.45) is 1.92. The van der Waals surface area contributed by atoms with Crippen LogP contribution in [-0.4, -0.2) is 26.5 Å². The summed E-state index contributed by atoms with van der Waals surface area (Å²) in [5.74, 6) is 0. The maximum absolute atomic E-state index is 10.7. The minimum Gasteiger partial charge on any atom is -0.372 e. The van der Waals surface area contributed by atoms with Crippen molar-refractivity contribution in [3.63, 3.8) is 0 Å². The average molecular weight is 303 g/mol. The van der Waals surface area contributed by atoms with E-state index >= 15 is 0 Å². The fraction of sp³-hybridized carbons (Fsp3) is 0.429. The largest absolute Gasteiger partial charge is 0.372 e. The topological polar surface area (TPSA) is 109 Å². The Kier molecular flexibility index (Phi) is 4.12. The number of hydrogen-bond acceptors (Lipinski definition) is 6. The lowest BCUT2D eigenvalue weighted by atomic mass is 10.1. The second-order valence-electron chi connectivity index (χ2n) is 5.21. The van der Waals surface area contributed by atoms with Crippen molar-refractivity contribution in [3.8, 4) is 0 Å². The van der Waals surface area contributed by atoms with Gasteiger partial charge in [-0.1, -0.05) is 17.3 Å². The number of nitrogens with two attached hydrogens (primary N) is 1. The summed E-state index contributed by atoms with van der Waals surface area (Å²) < 4.78 is 7.50. The maximum Gasteiger partial charge on any atom is 0.269 e. The number of hydrogen-bond donors (Lipinski definition) is 1. The zero-order chi connectivity index (χ0) is 15.5. The van der Waals surface area contributed by atoms with Crippen LogP contribution in [0.1, 0.15) is 35.9 Å². The van der Waals surface area contributed by atoms with E-state index in [4.69, 9.17) is 10.5 Å². The lowest BCUT2D eigenvalue weighted by molar-refractivity contribution is -0.384. The highest BCUT2D eigenvalue weighted by Gasteiger charge is 2.26. The molecule has 0 aliphatic carbocycles. The van der Waals surface area contributed by atoms with Crippen LogP contribution in [0.15, 0.2) is 24.3 Å². The first-order chi connectivity index (χ1) is 10.7. The Balaban J connectivity index is 1.85. The molecule has 116 valence electrons. The SMILES string of the molecule is NCc1nnn(Cc2ccc([N+](=O)[O-])cc2)c1C1CCCO1. The molecule has 0 saturated carbocycles. The van der Waals surface area contributed by atoms with Gasteiger partial charge in [0.15, 0.2) is 0 Å². The van der Waals surface area contributed by atoms with Crippen LogP contribution < -0.4 is 5.73 Å². The third kappa shape index (κ3) is 2.83. The highest BCUT2D eigenvalue weighted by atomic mass is 16.6. The van der Waals surface area contributed by atoms with Crippen molar-refractivity contribution in [2.24, 2.45) is 5.73 Å². The van der Waals surface area contributed by atoms with Gasteiger partial charge in [0.25, 0.3) is 5.69 Å². The number of ether oxygens (including phenoxy) is 1. The number of nitro groups is 1. The Labute approximate surface area is 127 Å². The Bertz CT molecular complexity index is 662. The van der Waals surface area contributed by atoms with Crippen LogP contribution in [0, 0.1) is 10.1 Å². The predicted octanol–water partition coefficient (Wildman–Crippen LogP) is 1.54. The van der Waals surface area contributed by atoms with E-state index in [1.807, 2.05) is 0 Å². The molecule has 1 aliphatic rings. The van der Waals surface area contributed by atoms with Gasteiger partial charge >= 0.3 is 0 Å². The first kappa shape index (κ1) is 14.6. The van der Waals surface area contributed by atoms with E-state index in [-0.39, 0.29) is 11.8 Å². The number of non-ortho nitro benzene ring substituents is 1. The summed E-state index contributed by atoms with van der Waals surface area (Å²) in [7, 11) is 0. The summed E-state index contributed by atoms with van der Waals surface area (Å²) in [6, 6.07) is 6.42. The number of nitrogens with zero attached hydrogens (tertiary/aromatic N) is 4. The van der Waals surface area contributed by atoms with E-state index in [0.29, 0.717) is 13.1 Å². The van der Waals surface area contributed by atoms with Gasteiger partial charge < -0.3 is 10.5 Å². The molecule has 22 heavy (non-hydrogen) atoms. The highest BCUT2D eigenvalue weighted by Crippen LogP contribution is 2.30. The third-order valence-corrected chi connectivity index (χ3v) is 3.75. The molecule has 1 aromatic carbocycles. The Hall–Kier alpha value is -2.32. The highest BCUT2D eigenvalue weighted by molar-refractivity contribution is 5.33. The number of aromatic nitrogens is 3. The third-order valence-electron chi connectivity index (χ3n) is 3.75. The quantitative estimate of drug-likeness (QED) is 0.663. The summed E-state index contributed by atoms with van der Waals surface area (Å²) in [4.78, 5) is 10.3. The van der Waals surface area contributed by atoms with Crippen LogP contribution in [0.2, 0.25) is 0 Å². The van der Waals surface area contributed by atoms with Gasteiger partial charge in [0.05, 0.1) is 17.2 Å². The molecule has 1 aliphatic heterocycles. The van der Waals surface area contributed by atoms with Gasteiger partial charge in [-0.15, -0.1) is 5.10 Å². The van der Waals surface area contributed by atoms with Crippen molar-refractivity contribution in [2.45, 2.75) is 32.0 Å². The molecule has 0 amide bonds. The molecule has 0 bridgehead atoms. The monoisotopic (exact) mass is 303 g/mol. The summed E-state index contributed by atoms with van der Waals surface area (Å²) in [6.45, 7) is 1.53. The van der Waals surface area contributed by atoms with Gasteiger partial charge in [0, 0.05) is 25.3 Å². The lowest BCUT2D eigenvalue weighted by Crippen LogP contribution is -2.13. The summed E-state index contributed by atoms with van der Waals surface area (Å²) in [5, 5.41) is 19.0. The maximum atomic E-state index is 10.7. The number of benzene rings is 1. The number of nitro benzene ring substituents is 1. The van der Waals surface area contributed by atoms with E-state index in [0.717, 1.165) is 36.4 Å². The fourth-order valence-electron chi connectivity index (χ4n) is 2.66. The molecule has 1 aromatic heterocycles. The Morgan fingerprint density at radius 1 is 1.41 bits per heavy atom.